The lowest BCUT2D eigenvalue weighted by atomic mass is 9.81. The second-order valence-electron chi connectivity index (χ2n) is 17.4. The maximum absolute atomic E-state index is 14.0. The lowest BCUT2D eigenvalue weighted by Crippen LogP contribution is -2.61. The normalized spacial score (nSPS) is 52.4. The average Bonchev–Trinajstić information content (AvgIpc) is 3.79. The standard InChI is InChI=1S/C40H58O12/c1-19-11-24-5-7-28-20(2)12-26(45-28)9-10-40-17-33-36(51-40)37-38(50-33)39(52-40)35-29(49-37)8-6-25(47-35)13-22(42)14-27-31(16-30(46-24)21(19)3)48-32(34(27)44-4)15-23(43)18-41/h19,23-39,41,43H,2-3,5-18H2,1,4H3/t19-,23?,24+,25?,26?,27?,28?,29+,30?,31?,32?,33-,34-,35?,36?,37?,38?,39?,40+/m1/s1. The van der Waals surface area contributed by atoms with E-state index in [-0.39, 0.29) is 123 Å². The fourth-order valence-corrected chi connectivity index (χ4v) is 11.3. The zero-order valence-electron chi connectivity index (χ0n) is 30.7. The first-order valence-corrected chi connectivity index (χ1v) is 20.1. The lowest BCUT2D eigenvalue weighted by molar-refractivity contribution is -0.292. The monoisotopic (exact) mass is 730 g/mol. The molecule has 0 aromatic carbocycles. The molecular weight excluding hydrogens is 672 g/mol. The van der Waals surface area contributed by atoms with Crippen molar-refractivity contribution in [2.45, 2.75) is 194 Å². The minimum Gasteiger partial charge on any atom is -0.394 e. The van der Waals surface area contributed by atoms with Gasteiger partial charge in [0.25, 0.3) is 0 Å². The number of ketones is 1. The second kappa shape index (κ2) is 14.3. The van der Waals surface area contributed by atoms with Crippen molar-refractivity contribution in [3.05, 3.63) is 24.3 Å². The van der Waals surface area contributed by atoms with Gasteiger partial charge in [0, 0.05) is 51.6 Å². The molecule has 13 unspecified atom stereocenters. The van der Waals surface area contributed by atoms with Crippen molar-refractivity contribution < 1.29 is 57.6 Å². The molecule has 0 amide bonds. The summed E-state index contributed by atoms with van der Waals surface area (Å²) in [6, 6.07) is 0. The van der Waals surface area contributed by atoms with Gasteiger partial charge >= 0.3 is 0 Å². The van der Waals surface area contributed by atoms with Gasteiger partial charge in [0.1, 0.15) is 36.3 Å². The second-order valence-corrected chi connectivity index (χ2v) is 17.4. The van der Waals surface area contributed by atoms with Crippen LogP contribution in [0.1, 0.15) is 90.4 Å². The molecule has 10 rings (SSSR count). The Morgan fingerprint density at radius 1 is 0.788 bits per heavy atom. The van der Waals surface area contributed by atoms with Crippen LogP contribution >= 0.6 is 0 Å². The highest BCUT2D eigenvalue weighted by atomic mass is 16.8. The van der Waals surface area contributed by atoms with Gasteiger partial charge in [-0.2, -0.15) is 0 Å². The van der Waals surface area contributed by atoms with Crippen molar-refractivity contribution in [1.29, 1.82) is 0 Å². The van der Waals surface area contributed by atoms with Crippen LogP contribution in [0.2, 0.25) is 0 Å². The van der Waals surface area contributed by atoms with Crippen LogP contribution in [0.3, 0.4) is 0 Å². The molecule has 0 aromatic rings. The van der Waals surface area contributed by atoms with E-state index >= 15 is 0 Å². The van der Waals surface area contributed by atoms with Crippen LogP contribution in [-0.2, 0) is 47.4 Å². The highest BCUT2D eigenvalue weighted by molar-refractivity contribution is 5.79. The third-order valence-electron chi connectivity index (χ3n) is 13.9. The van der Waals surface area contributed by atoms with Gasteiger partial charge in [0.15, 0.2) is 5.79 Å². The first kappa shape index (κ1) is 36.4. The maximum atomic E-state index is 14.0. The number of fused-ring (bicyclic) bond motifs is 6. The molecule has 0 saturated carbocycles. The molecule has 12 heteroatoms. The van der Waals surface area contributed by atoms with E-state index in [9.17, 15) is 15.0 Å². The lowest BCUT2D eigenvalue weighted by Gasteiger charge is -2.47. The number of aliphatic hydroxyl groups is 2. The van der Waals surface area contributed by atoms with Gasteiger partial charge < -0.3 is 52.8 Å². The van der Waals surface area contributed by atoms with E-state index in [2.05, 4.69) is 20.1 Å². The van der Waals surface area contributed by atoms with Crippen LogP contribution < -0.4 is 0 Å². The van der Waals surface area contributed by atoms with E-state index in [4.69, 9.17) is 42.6 Å². The SMILES string of the molecule is C=C1CC2CC[C@@]34C[C@H]5OC6C(O3)C3OC(CC[C@@H]3OC6C5O4)CC(=O)CC3C(CC4O[C@@H](CCC1O2)C[C@@H](C)C4=C)OC(CC(O)CO)[C@@H]3OC. The largest absolute Gasteiger partial charge is 0.394 e. The molecular formula is C40H58O12. The molecule has 290 valence electrons. The fraction of sp³-hybridized carbons (Fsp3) is 0.875. The first-order valence-electron chi connectivity index (χ1n) is 20.1. The van der Waals surface area contributed by atoms with Crippen molar-refractivity contribution in [3.63, 3.8) is 0 Å². The van der Waals surface area contributed by atoms with Crippen molar-refractivity contribution in [3.8, 4) is 0 Å². The Hall–Kier alpha value is -1.29. The number of Topliss-reactive ketones (excluding diaryl/α,β-unsaturated/α-hetero) is 1. The quantitative estimate of drug-likeness (QED) is 0.410. The van der Waals surface area contributed by atoms with E-state index < -0.39 is 24.1 Å². The number of hydrogen-bond acceptors (Lipinski definition) is 12. The summed E-state index contributed by atoms with van der Waals surface area (Å²) in [4.78, 5) is 14.0. The van der Waals surface area contributed by atoms with Crippen LogP contribution in [-0.4, -0.2) is 133 Å². The Bertz CT molecular complexity index is 1370. The fourth-order valence-electron chi connectivity index (χ4n) is 11.3. The Kier molecular flexibility index (Phi) is 10.0. The van der Waals surface area contributed by atoms with Crippen LogP contribution in [0.25, 0.3) is 0 Å². The summed E-state index contributed by atoms with van der Waals surface area (Å²) < 4.78 is 59.8. The molecule has 12 bridgehead atoms. The molecule has 2 N–H and O–H groups in total. The first-order chi connectivity index (χ1) is 25.1. The van der Waals surface area contributed by atoms with Gasteiger partial charge in [0.2, 0.25) is 0 Å². The maximum Gasteiger partial charge on any atom is 0.172 e. The molecule has 0 radical (unpaired) electrons. The minimum absolute atomic E-state index is 0.0260. The molecule has 52 heavy (non-hydrogen) atoms. The summed E-state index contributed by atoms with van der Waals surface area (Å²) in [7, 11) is 1.63. The Balaban J connectivity index is 0.994. The molecule has 0 aliphatic carbocycles. The van der Waals surface area contributed by atoms with Crippen LogP contribution in [0.15, 0.2) is 24.3 Å². The highest BCUT2D eigenvalue weighted by Crippen LogP contribution is 2.54. The molecule has 10 fully saturated rings. The smallest absolute Gasteiger partial charge is 0.172 e. The molecule has 12 nitrogen and oxygen atoms in total. The zero-order chi connectivity index (χ0) is 35.9. The Morgan fingerprint density at radius 2 is 1.54 bits per heavy atom. The van der Waals surface area contributed by atoms with Crippen molar-refractivity contribution in [1.82, 2.24) is 0 Å². The average molecular weight is 731 g/mol. The molecule has 10 saturated heterocycles. The molecule has 19 atom stereocenters. The van der Waals surface area contributed by atoms with Gasteiger partial charge in [-0.15, -0.1) is 0 Å². The summed E-state index contributed by atoms with van der Waals surface area (Å²) in [5.74, 6) is -0.709. The summed E-state index contributed by atoms with van der Waals surface area (Å²) in [6.45, 7) is 10.7. The van der Waals surface area contributed by atoms with Crippen LogP contribution in [0.4, 0.5) is 0 Å². The van der Waals surface area contributed by atoms with Crippen molar-refractivity contribution in [2.24, 2.45) is 11.8 Å². The molecule has 0 aromatic heterocycles. The van der Waals surface area contributed by atoms with E-state index in [0.29, 0.717) is 25.7 Å². The van der Waals surface area contributed by atoms with Crippen LogP contribution in [0, 0.1) is 11.8 Å². The molecule has 10 aliphatic rings. The molecule has 1 spiro atoms. The summed E-state index contributed by atoms with van der Waals surface area (Å²) in [6.07, 6.45) is 4.01. The third kappa shape index (κ3) is 6.59. The number of aliphatic hydroxyl groups excluding tert-OH is 2. The van der Waals surface area contributed by atoms with E-state index in [0.717, 1.165) is 49.7 Å². The van der Waals surface area contributed by atoms with Crippen molar-refractivity contribution >= 4 is 5.78 Å². The minimum atomic E-state index is -0.951. The number of carbonyl (C=O) groups excluding carboxylic acids is 1. The van der Waals surface area contributed by atoms with Gasteiger partial charge in [-0.25, -0.2) is 0 Å². The van der Waals surface area contributed by atoms with E-state index in [1.165, 1.54) is 0 Å². The number of ether oxygens (including phenoxy) is 9. The number of carbonyl (C=O) groups is 1. The Labute approximate surface area is 306 Å². The number of hydrogen-bond donors (Lipinski definition) is 2. The third-order valence-corrected chi connectivity index (χ3v) is 13.9. The van der Waals surface area contributed by atoms with E-state index in [1.54, 1.807) is 7.11 Å². The predicted octanol–water partition coefficient (Wildman–Crippen LogP) is 3.47. The number of methoxy groups -OCH3 is 1. The topological polar surface area (TPSA) is 141 Å². The van der Waals surface area contributed by atoms with Crippen LogP contribution in [0.5, 0.6) is 0 Å². The van der Waals surface area contributed by atoms with Crippen molar-refractivity contribution in [2.75, 3.05) is 13.7 Å². The number of rotatable bonds is 4. The highest BCUT2D eigenvalue weighted by Gasteiger charge is 2.68. The predicted molar refractivity (Wildman–Crippen MR) is 184 cm³/mol. The van der Waals surface area contributed by atoms with Gasteiger partial charge in [-0.1, -0.05) is 20.1 Å². The summed E-state index contributed by atoms with van der Waals surface area (Å²) >= 11 is 0. The Morgan fingerprint density at radius 3 is 2.37 bits per heavy atom. The zero-order valence-corrected chi connectivity index (χ0v) is 30.7. The van der Waals surface area contributed by atoms with Gasteiger partial charge in [-0.05, 0) is 62.0 Å². The molecule has 10 aliphatic heterocycles. The van der Waals surface area contributed by atoms with Gasteiger partial charge in [-0.3, -0.25) is 4.79 Å². The van der Waals surface area contributed by atoms with Gasteiger partial charge in [0.05, 0.1) is 73.8 Å². The summed E-state index contributed by atoms with van der Waals surface area (Å²) in [5.41, 5.74) is 2.17. The van der Waals surface area contributed by atoms with E-state index in [1.807, 2.05) is 0 Å². The molecule has 10 heterocycles. The summed E-state index contributed by atoms with van der Waals surface area (Å²) in [5, 5.41) is 20.1.